The van der Waals surface area contributed by atoms with E-state index in [9.17, 15) is 17.6 Å². The molecule has 1 heterocycles. The molecule has 2 aromatic carbocycles. The van der Waals surface area contributed by atoms with Gasteiger partial charge >= 0.3 is 0 Å². The molecule has 3 rings (SSSR count). The van der Waals surface area contributed by atoms with E-state index in [1.807, 2.05) is 0 Å². The van der Waals surface area contributed by atoms with Gasteiger partial charge in [-0.15, -0.1) is 0 Å². The van der Waals surface area contributed by atoms with E-state index in [2.05, 4.69) is 6.58 Å². The van der Waals surface area contributed by atoms with Gasteiger partial charge in [0.15, 0.2) is 0 Å². The van der Waals surface area contributed by atoms with Crippen molar-refractivity contribution in [3.05, 3.63) is 89.7 Å². The predicted octanol–water partition coefficient (Wildman–Crippen LogP) is 5.88. The van der Waals surface area contributed by atoms with Gasteiger partial charge in [0, 0.05) is 23.4 Å². The van der Waals surface area contributed by atoms with Crippen molar-refractivity contribution >= 4 is 11.3 Å². The average molecular weight is 389 g/mol. The number of alkyl halides is 2. The van der Waals surface area contributed by atoms with Crippen molar-refractivity contribution < 1.29 is 22.3 Å². The number of hydrogen-bond donors (Lipinski definition) is 0. The Kier molecular flexibility index (Phi) is 5.87. The Balaban J connectivity index is 2.27. The van der Waals surface area contributed by atoms with Gasteiger partial charge in [-0.1, -0.05) is 43.0 Å². The fraction of sp³-hybridized carbons (Fsp3) is 0.182. The van der Waals surface area contributed by atoms with Crippen LogP contribution in [0.4, 0.5) is 17.6 Å². The maximum absolute atomic E-state index is 14.9. The van der Waals surface area contributed by atoms with Crippen LogP contribution in [0.3, 0.4) is 0 Å². The highest BCUT2D eigenvalue weighted by atomic mass is 19.3. The van der Waals surface area contributed by atoms with Crippen LogP contribution in [0.2, 0.25) is 0 Å². The van der Waals surface area contributed by atoms with Crippen LogP contribution in [-0.4, -0.2) is 24.5 Å². The summed E-state index contributed by atoms with van der Waals surface area (Å²) in [5, 5.41) is 0. The summed E-state index contributed by atoms with van der Waals surface area (Å²) in [7, 11) is 0. The standard InChI is InChI=1S/C22H19F4NO/c1-3-28-16-11-18(23)21(19(24)12-16)22-17(15-7-5-4-6-8-15)10-9-14(2)27(22)13-20(25)26/h4-12,20H,2-3,13H2,1H3. The SMILES string of the molecule is C=C1C=CC(c2ccccc2)=C(c2c(F)cc(OCC)cc2F)N1CC(F)F. The highest BCUT2D eigenvalue weighted by Gasteiger charge is 2.29. The normalized spacial score (nSPS) is 14.2. The third-order valence-corrected chi connectivity index (χ3v) is 4.28. The van der Waals surface area contributed by atoms with Gasteiger partial charge in [0.25, 0.3) is 6.43 Å². The van der Waals surface area contributed by atoms with Gasteiger partial charge in [0.05, 0.1) is 24.4 Å². The third-order valence-electron chi connectivity index (χ3n) is 4.28. The Morgan fingerprint density at radius 2 is 1.68 bits per heavy atom. The van der Waals surface area contributed by atoms with Crippen LogP contribution in [0, 0.1) is 11.6 Å². The lowest BCUT2D eigenvalue weighted by atomic mass is 9.94. The number of nitrogens with zero attached hydrogens (tertiary/aromatic N) is 1. The minimum absolute atomic E-state index is 0.0112. The Morgan fingerprint density at radius 1 is 1.04 bits per heavy atom. The van der Waals surface area contributed by atoms with Crippen LogP contribution in [0.5, 0.6) is 5.75 Å². The molecule has 0 saturated carbocycles. The van der Waals surface area contributed by atoms with Crippen molar-refractivity contribution in [2.75, 3.05) is 13.2 Å². The lowest BCUT2D eigenvalue weighted by molar-refractivity contribution is 0.123. The summed E-state index contributed by atoms with van der Waals surface area (Å²) in [6, 6.07) is 10.9. The van der Waals surface area contributed by atoms with Crippen molar-refractivity contribution in [1.82, 2.24) is 4.90 Å². The molecule has 0 radical (unpaired) electrons. The first-order valence-electron chi connectivity index (χ1n) is 8.77. The summed E-state index contributed by atoms with van der Waals surface area (Å²) in [5.41, 5.74) is 0.914. The molecule has 0 aromatic heterocycles. The second kappa shape index (κ2) is 8.33. The molecule has 0 atom stereocenters. The number of halogens is 4. The molecule has 0 bridgehead atoms. The Hall–Kier alpha value is -3.02. The highest BCUT2D eigenvalue weighted by Crippen LogP contribution is 2.39. The van der Waals surface area contributed by atoms with Crippen LogP contribution >= 0.6 is 0 Å². The molecule has 0 fully saturated rings. The predicted molar refractivity (Wildman–Crippen MR) is 102 cm³/mol. The molecule has 1 aliphatic rings. The van der Waals surface area contributed by atoms with Crippen molar-refractivity contribution in [2.24, 2.45) is 0 Å². The minimum Gasteiger partial charge on any atom is -0.494 e. The largest absolute Gasteiger partial charge is 0.494 e. The highest BCUT2D eigenvalue weighted by molar-refractivity contribution is 5.97. The summed E-state index contributed by atoms with van der Waals surface area (Å²) in [6.07, 6.45) is 0.465. The first-order valence-corrected chi connectivity index (χ1v) is 8.77. The molecule has 0 N–H and O–H groups in total. The van der Waals surface area contributed by atoms with E-state index in [4.69, 9.17) is 4.74 Å². The number of ether oxygens (including phenoxy) is 1. The summed E-state index contributed by atoms with van der Waals surface area (Å²) < 4.78 is 61.5. The maximum Gasteiger partial charge on any atom is 0.256 e. The zero-order valence-corrected chi connectivity index (χ0v) is 15.3. The summed E-state index contributed by atoms with van der Waals surface area (Å²) in [6.45, 7) is 4.96. The lowest BCUT2D eigenvalue weighted by Crippen LogP contribution is -2.29. The molecule has 0 saturated heterocycles. The van der Waals surface area contributed by atoms with E-state index < -0.39 is 30.2 Å². The van der Waals surface area contributed by atoms with Crippen LogP contribution < -0.4 is 4.74 Å². The monoisotopic (exact) mass is 389 g/mol. The van der Waals surface area contributed by atoms with Crippen LogP contribution in [0.15, 0.2) is 66.9 Å². The van der Waals surface area contributed by atoms with Crippen LogP contribution in [0.1, 0.15) is 18.1 Å². The van der Waals surface area contributed by atoms with Crippen molar-refractivity contribution in [2.45, 2.75) is 13.3 Å². The van der Waals surface area contributed by atoms with Crippen LogP contribution in [-0.2, 0) is 0 Å². The molecule has 1 aliphatic heterocycles. The van der Waals surface area contributed by atoms with Gasteiger partial charge in [0.1, 0.15) is 17.4 Å². The van der Waals surface area contributed by atoms with Gasteiger partial charge in [-0.05, 0) is 18.6 Å². The molecule has 0 amide bonds. The quantitative estimate of drug-likeness (QED) is 0.572. The fourth-order valence-corrected chi connectivity index (χ4v) is 3.13. The summed E-state index contributed by atoms with van der Waals surface area (Å²) in [5.74, 6) is -1.75. The molecule has 2 aromatic rings. The van der Waals surface area contributed by atoms with Gasteiger partial charge in [-0.3, -0.25) is 0 Å². The van der Waals surface area contributed by atoms with Gasteiger partial charge in [-0.2, -0.15) is 0 Å². The Morgan fingerprint density at radius 3 is 2.25 bits per heavy atom. The topological polar surface area (TPSA) is 12.5 Å². The Labute approximate surface area is 161 Å². The molecule has 2 nitrogen and oxygen atoms in total. The Bertz CT molecular complexity index is 912. The number of benzene rings is 2. The van der Waals surface area contributed by atoms with E-state index in [0.717, 1.165) is 17.0 Å². The zero-order chi connectivity index (χ0) is 20.3. The smallest absolute Gasteiger partial charge is 0.256 e. The maximum atomic E-state index is 14.9. The summed E-state index contributed by atoms with van der Waals surface area (Å²) >= 11 is 0. The van der Waals surface area contributed by atoms with E-state index in [1.54, 1.807) is 49.4 Å². The number of rotatable bonds is 6. The minimum atomic E-state index is -2.72. The first kappa shape index (κ1) is 19.7. The molecule has 0 unspecified atom stereocenters. The second-order valence-corrected chi connectivity index (χ2v) is 6.15. The van der Waals surface area contributed by atoms with Crippen LogP contribution in [0.25, 0.3) is 11.3 Å². The fourth-order valence-electron chi connectivity index (χ4n) is 3.13. The first-order chi connectivity index (χ1) is 13.4. The molecular weight excluding hydrogens is 370 g/mol. The van der Waals surface area contributed by atoms with Crippen molar-refractivity contribution in [3.63, 3.8) is 0 Å². The van der Waals surface area contributed by atoms with E-state index >= 15 is 0 Å². The molecule has 28 heavy (non-hydrogen) atoms. The third kappa shape index (κ3) is 3.96. The number of allylic oxidation sites excluding steroid dienone is 3. The molecule has 0 spiro atoms. The molecule has 146 valence electrons. The summed E-state index contributed by atoms with van der Waals surface area (Å²) in [4.78, 5) is 1.15. The molecule has 6 heteroatoms. The van der Waals surface area contributed by atoms with Gasteiger partial charge < -0.3 is 9.64 Å². The second-order valence-electron chi connectivity index (χ2n) is 6.15. The molecule has 0 aliphatic carbocycles. The van der Waals surface area contributed by atoms with Gasteiger partial charge in [-0.25, -0.2) is 17.6 Å². The zero-order valence-electron chi connectivity index (χ0n) is 15.3. The van der Waals surface area contributed by atoms with Crippen molar-refractivity contribution in [3.8, 4) is 5.75 Å². The molecular formula is C22H19F4NO. The van der Waals surface area contributed by atoms with E-state index in [-0.39, 0.29) is 23.8 Å². The van der Waals surface area contributed by atoms with E-state index in [0.29, 0.717) is 11.1 Å². The number of hydrogen-bond acceptors (Lipinski definition) is 2. The van der Waals surface area contributed by atoms with Crippen molar-refractivity contribution in [1.29, 1.82) is 0 Å². The average Bonchev–Trinajstić information content (AvgIpc) is 2.64. The lowest BCUT2D eigenvalue weighted by Gasteiger charge is -2.33. The van der Waals surface area contributed by atoms with E-state index in [1.165, 1.54) is 0 Å². The van der Waals surface area contributed by atoms with Gasteiger partial charge in [0.2, 0.25) is 0 Å².